The van der Waals surface area contributed by atoms with Crippen LogP contribution in [0, 0.1) is 6.92 Å². The van der Waals surface area contributed by atoms with Crippen LogP contribution in [-0.4, -0.2) is 0 Å². The number of hydrogen-bond acceptors (Lipinski definition) is 2. The summed E-state index contributed by atoms with van der Waals surface area (Å²) in [7, 11) is 0. The number of nitrogens with one attached hydrogen (secondary N) is 1. The maximum Gasteiger partial charge on any atom is 0.101 e. The van der Waals surface area contributed by atoms with Crippen molar-refractivity contribution in [2.24, 2.45) is 5.73 Å². The van der Waals surface area contributed by atoms with Gasteiger partial charge in [-0.25, -0.2) is 0 Å². The summed E-state index contributed by atoms with van der Waals surface area (Å²) >= 11 is 0. The molecule has 100 valence electrons. The lowest BCUT2D eigenvalue weighted by atomic mass is 10.0. The van der Waals surface area contributed by atoms with Crippen molar-refractivity contribution in [2.45, 2.75) is 32.9 Å². The van der Waals surface area contributed by atoms with E-state index in [0.29, 0.717) is 5.92 Å². The van der Waals surface area contributed by atoms with E-state index in [2.05, 4.69) is 68.6 Å². The number of rotatable bonds is 4. The van der Waals surface area contributed by atoms with Gasteiger partial charge in [0.05, 0.1) is 0 Å². The van der Waals surface area contributed by atoms with Crippen molar-refractivity contribution < 1.29 is 0 Å². The van der Waals surface area contributed by atoms with E-state index in [1.165, 1.54) is 11.1 Å². The third kappa shape index (κ3) is 3.36. The first-order valence-electron chi connectivity index (χ1n) is 6.75. The Morgan fingerprint density at radius 2 is 1.58 bits per heavy atom. The second kappa shape index (κ2) is 5.89. The molecule has 0 saturated heterocycles. The van der Waals surface area contributed by atoms with Crippen LogP contribution >= 0.6 is 0 Å². The summed E-state index contributed by atoms with van der Waals surface area (Å²) in [6.07, 6.45) is -0.180. The average molecular weight is 254 g/mol. The molecule has 3 N–H and O–H groups in total. The topological polar surface area (TPSA) is 38.0 Å². The molecule has 19 heavy (non-hydrogen) atoms. The molecule has 0 aliphatic carbocycles. The van der Waals surface area contributed by atoms with E-state index in [0.717, 1.165) is 11.3 Å². The van der Waals surface area contributed by atoms with Gasteiger partial charge < -0.3 is 11.1 Å². The van der Waals surface area contributed by atoms with Crippen LogP contribution in [0.3, 0.4) is 0 Å². The molecule has 2 aromatic rings. The molecule has 1 atom stereocenters. The zero-order valence-corrected chi connectivity index (χ0v) is 11.9. The lowest BCUT2D eigenvalue weighted by Crippen LogP contribution is -2.20. The molecule has 1 unspecified atom stereocenters. The minimum atomic E-state index is -0.180. The molecule has 0 spiro atoms. The molecule has 2 heteroatoms. The van der Waals surface area contributed by atoms with Gasteiger partial charge in [0.2, 0.25) is 0 Å². The predicted octanol–water partition coefficient (Wildman–Crippen LogP) is 4.19. The Morgan fingerprint density at radius 1 is 0.947 bits per heavy atom. The molecule has 2 rings (SSSR count). The molecular weight excluding hydrogens is 232 g/mol. The van der Waals surface area contributed by atoms with Crippen molar-refractivity contribution in [3.8, 4) is 0 Å². The SMILES string of the molecule is Cc1ccc(C(N)Nc2ccccc2C(C)C)cc1. The highest BCUT2D eigenvalue weighted by atomic mass is 15.0. The highest BCUT2D eigenvalue weighted by Gasteiger charge is 2.10. The number of benzene rings is 2. The maximum atomic E-state index is 6.24. The molecule has 0 aliphatic rings. The van der Waals surface area contributed by atoms with Crippen LogP contribution in [0.4, 0.5) is 5.69 Å². The summed E-state index contributed by atoms with van der Waals surface area (Å²) in [5.41, 5.74) is 11.0. The molecule has 0 bridgehead atoms. The number of anilines is 1. The predicted molar refractivity (Wildman–Crippen MR) is 82.3 cm³/mol. The van der Waals surface area contributed by atoms with Crippen LogP contribution in [0.2, 0.25) is 0 Å². The minimum Gasteiger partial charge on any atom is -0.366 e. The smallest absolute Gasteiger partial charge is 0.101 e. The molecule has 2 nitrogen and oxygen atoms in total. The molecule has 0 amide bonds. The Bertz CT molecular complexity index is 529. The zero-order valence-electron chi connectivity index (χ0n) is 11.9. The summed E-state index contributed by atoms with van der Waals surface area (Å²) in [4.78, 5) is 0. The van der Waals surface area contributed by atoms with E-state index in [1.54, 1.807) is 0 Å². The summed E-state index contributed by atoms with van der Waals surface area (Å²) in [5, 5.41) is 3.41. The number of hydrogen-bond donors (Lipinski definition) is 2. The van der Waals surface area contributed by atoms with Crippen LogP contribution in [-0.2, 0) is 0 Å². The molecule has 0 radical (unpaired) electrons. The largest absolute Gasteiger partial charge is 0.366 e. The molecule has 0 aliphatic heterocycles. The van der Waals surface area contributed by atoms with Crippen molar-refractivity contribution >= 4 is 5.69 Å². The maximum absolute atomic E-state index is 6.24. The fourth-order valence-corrected chi connectivity index (χ4v) is 2.16. The summed E-state index contributed by atoms with van der Waals surface area (Å²) in [6.45, 7) is 6.46. The van der Waals surface area contributed by atoms with Crippen LogP contribution in [0.15, 0.2) is 48.5 Å². The molecule has 0 aromatic heterocycles. The number of nitrogens with two attached hydrogens (primary N) is 1. The van der Waals surface area contributed by atoms with E-state index < -0.39 is 0 Å². The molecular formula is C17H22N2. The van der Waals surface area contributed by atoms with Crippen molar-refractivity contribution in [3.63, 3.8) is 0 Å². The normalized spacial score (nSPS) is 12.5. The number of aryl methyl sites for hydroxylation is 1. The first-order chi connectivity index (χ1) is 9.08. The fourth-order valence-electron chi connectivity index (χ4n) is 2.16. The van der Waals surface area contributed by atoms with E-state index in [1.807, 2.05) is 6.07 Å². The van der Waals surface area contributed by atoms with Gasteiger partial charge in [0.15, 0.2) is 0 Å². The van der Waals surface area contributed by atoms with E-state index >= 15 is 0 Å². The molecule has 0 heterocycles. The van der Waals surface area contributed by atoms with E-state index in [-0.39, 0.29) is 6.17 Å². The second-order valence-electron chi connectivity index (χ2n) is 5.27. The quantitative estimate of drug-likeness (QED) is 0.803. The monoisotopic (exact) mass is 254 g/mol. The average Bonchev–Trinajstić information content (AvgIpc) is 2.39. The highest BCUT2D eigenvalue weighted by Crippen LogP contribution is 2.26. The van der Waals surface area contributed by atoms with Crippen LogP contribution in [0.25, 0.3) is 0 Å². The van der Waals surface area contributed by atoms with Gasteiger partial charge in [-0.3, -0.25) is 0 Å². The Morgan fingerprint density at radius 3 is 2.21 bits per heavy atom. The molecule has 2 aromatic carbocycles. The van der Waals surface area contributed by atoms with E-state index in [9.17, 15) is 0 Å². The zero-order chi connectivity index (χ0) is 13.8. The Kier molecular flexibility index (Phi) is 4.23. The van der Waals surface area contributed by atoms with Crippen molar-refractivity contribution in [1.29, 1.82) is 0 Å². The lowest BCUT2D eigenvalue weighted by Gasteiger charge is -2.20. The standard InChI is InChI=1S/C17H22N2/c1-12(2)15-6-4-5-7-16(15)19-17(18)14-10-8-13(3)9-11-14/h4-12,17,19H,18H2,1-3H3. The van der Waals surface area contributed by atoms with Crippen molar-refractivity contribution in [1.82, 2.24) is 0 Å². The second-order valence-corrected chi connectivity index (χ2v) is 5.27. The third-order valence-electron chi connectivity index (χ3n) is 3.33. The van der Waals surface area contributed by atoms with Crippen LogP contribution < -0.4 is 11.1 Å². The van der Waals surface area contributed by atoms with Crippen LogP contribution in [0.5, 0.6) is 0 Å². The first kappa shape index (κ1) is 13.6. The number of para-hydroxylation sites is 1. The van der Waals surface area contributed by atoms with E-state index in [4.69, 9.17) is 5.73 Å². The van der Waals surface area contributed by atoms with Crippen LogP contribution in [0.1, 0.15) is 42.6 Å². The van der Waals surface area contributed by atoms with Gasteiger partial charge >= 0.3 is 0 Å². The Balaban J connectivity index is 2.19. The van der Waals surface area contributed by atoms with Gasteiger partial charge in [-0.1, -0.05) is 61.9 Å². The van der Waals surface area contributed by atoms with Gasteiger partial charge in [0, 0.05) is 5.69 Å². The highest BCUT2D eigenvalue weighted by molar-refractivity contribution is 5.53. The van der Waals surface area contributed by atoms with Crippen molar-refractivity contribution in [3.05, 3.63) is 65.2 Å². The van der Waals surface area contributed by atoms with Gasteiger partial charge in [-0.15, -0.1) is 0 Å². The molecule has 0 fully saturated rings. The Hall–Kier alpha value is -1.80. The van der Waals surface area contributed by atoms with Gasteiger partial charge in [-0.05, 0) is 30.0 Å². The summed E-state index contributed by atoms with van der Waals surface area (Å²) < 4.78 is 0. The van der Waals surface area contributed by atoms with Crippen molar-refractivity contribution in [2.75, 3.05) is 5.32 Å². The van der Waals surface area contributed by atoms with Gasteiger partial charge in [0.1, 0.15) is 6.17 Å². The lowest BCUT2D eigenvalue weighted by molar-refractivity contribution is 0.815. The summed E-state index contributed by atoms with van der Waals surface area (Å²) in [5.74, 6) is 0.480. The Labute approximate surface area is 115 Å². The fraction of sp³-hybridized carbons (Fsp3) is 0.294. The third-order valence-corrected chi connectivity index (χ3v) is 3.33. The summed E-state index contributed by atoms with van der Waals surface area (Å²) in [6, 6.07) is 16.7. The van der Waals surface area contributed by atoms with Gasteiger partial charge in [0.25, 0.3) is 0 Å². The first-order valence-corrected chi connectivity index (χ1v) is 6.75. The minimum absolute atomic E-state index is 0.180. The van der Waals surface area contributed by atoms with Gasteiger partial charge in [-0.2, -0.15) is 0 Å². The molecule has 0 saturated carbocycles.